The van der Waals surface area contributed by atoms with Crippen LogP contribution in [0.3, 0.4) is 0 Å². The van der Waals surface area contributed by atoms with E-state index in [1.165, 1.54) is 44.9 Å². The monoisotopic (exact) mass is 468 g/mol. The molecule has 0 amide bonds. The van der Waals surface area contributed by atoms with Gasteiger partial charge in [-0.1, -0.05) is 36.2 Å². The van der Waals surface area contributed by atoms with E-state index >= 15 is 0 Å². The first-order valence-corrected chi connectivity index (χ1v) is 13.2. The third-order valence-corrected chi connectivity index (χ3v) is 10.8. The number of alkyl halides is 1. The molecule has 0 heterocycles. The van der Waals surface area contributed by atoms with Crippen LogP contribution in [-0.4, -0.2) is 35.5 Å². The first kappa shape index (κ1) is 22.3. The van der Waals surface area contributed by atoms with Gasteiger partial charge >= 0.3 is 0 Å². The van der Waals surface area contributed by atoms with E-state index in [0.29, 0.717) is 35.0 Å². The molecule has 1 N–H and O–H groups in total. The summed E-state index contributed by atoms with van der Waals surface area (Å²) in [4.78, 5) is 12.8. The van der Waals surface area contributed by atoms with E-state index in [2.05, 4.69) is 29.8 Å². The Balaban J connectivity index is 1.59. The third kappa shape index (κ3) is 3.67. The number of Topliss-reactive ketones (excluding diaryl/α,β-unsaturated/α-hetero) is 1. The Kier molecular flexibility index (Phi) is 6.30. The molecule has 0 aromatic heterocycles. The van der Waals surface area contributed by atoms with Crippen LogP contribution < -0.4 is 0 Å². The zero-order valence-electron chi connectivity index (χ0n) is 18.7. The molecule has 0 spiro atoms. The number of methoxy groups -OCH3 is 1. The third-order valence-electron chi connectivity index (χ3n) is 10.2. The van der Waals surface area contributed by atoms with Gasteiger partial charge in [0.2, 0.25) is 0 Å². The minimum atomic E-state index is -0.634. The summed E-state index contributed by atoms with van der Waals surface area (Å²) in [5.41, 5.74) is -0.0880. The number of ether oxygens (including phenoxy) is 1. The maximum Gasteiger partial charge on any atom is 0.147 e. The SMILES string of the molecule is COCC1(O)CCC[C@@]2(C)C(CC[C@@H]3C2CC[C@@]2(C)C3CCC[C@@H]2C(=O)CBr)C1. The number of halogens is 1. The van der Waals surface area contributed by atoms with Gasteiger partial charge in [0.15, 0.2) is 0 Å². The molecule has 4 aliphatic carbocycles. The van der Waals surface area contributed by atoms with Crippen molar-refractivity contribution in [2.45, 2.75) is 90.1 Å². The van der Waals surface area contributed by atoms with E-state index in [-0.39, 0.29) is 11.3 Å². The second-order valence-corrected chi connectivity index (χ2v) is 12.1. The highest BCUT2D eigenvalue weighted by molar-refractivity contribution is 9.09. The molecule has 8 atom stereocenters. The van der Waals surface area contributed by atoms with Gasteiger partial charge < -0.3 is 9.84 Å². The van der Waals surface area contributed by atoms with Crippen molar-refractivity contribution in [3.8, 4) is 0 Å². The van der Waals surface area contributed by atoms with Crippen LogP contribution in [0.4, 0.5) is 0 Å². The summed E-state index contributed by atoms with van der Waals surface area (Å²) in [5, 5.41) is 11.7. The normalized spacial score (nSPS) is 50.0. The Bertz CT molecular complexity index is 623. The van der Waals surface area contributed by atoms with Gasteiger partial charge in [-0.25, -0.2) is 0 Å². The van der Waals surface area contributed by atoms with Crippen LogP contribution in [0.15, 0.2) is 0 Å². The molecule has 4 aliphatic rings. The van der Waals surface area contributed by atoms with E-state index in [0.717, 1.165) is 37.5 Å². The van der Waals surface area contributed by atoms with Crippen LogP contribution >= 0.6 is 15.9 Å². The molecular formula is C25H41BrO3. The Morgan fingerprint density at radius 2 is 1.76 bits per heavy atom. The number of hydrogen-bond acceptors (Lipinski definition) is 3. The summed E-state index contributed by atoms with van der Waals surface area (Å²) >= 11 is 3.46. The molecule has 0 bridgehead atoms. The predicted octanol–water partition coefficient (Wildman–Crippen LogP) is 5.77. The molecule has 4 heteroatoms. The number of carbonyl (C=O) groups is 1. The highest BCUT2D eigenvalue weighted by Crippen LogP contribution is 2.66. The second-order valence-electron chi connectivity index (χ2n) is 11.5. The smallest absolute Gasteiger partial charge is 0.147 e. The van der Waals surface area contributed by atoms with Crippen LogP contribution in [-0.2, 0) is 9.53 Å². The van der Waals surface area contributed by atoms with E-state index in [1.807, 2.05) is 0 Å². The van der Waals surface area contributed by atoms with Crippen LogP contribution in [0, 0.1) is 40.4 Å². The molecule has 3 nitrogen and oxygen atoms in total. The molecule has 4 saturated carbocycles. The number of aliphatic hydroxyl groups is 1. The molecule has 4 fully saturated rings. The standard InChI is InChI=1S/C25H41BrO3/c1-23-11-5-12-25(28,16-29-3)14-17(23)8-9-18-19-6-4-7-21(22(27)15-26)24(19,2)13-10-20(18)23/h17-21,28H,4-16H2,1-3H3/t17?,18-,19?,20?,21+,23-,24-,25?/m0/s1. The average molecular weight is 470 g/mol. The lowest BCUT2D eigenvalue weighted by molar-refractivity contribution is -0.152. The van der Waals surface area contributed by atoms with Crippen LogP contribution in [0.1, 0.15) is 84.5 Å². The lowest BCUT2D eigenvalue weighted by Crippen LogP contribution is -2.56. The van der Waals surface area contributed by atoms with Gasteiger partial charge in [0.1, 0.15) is 5.78 Å². The first-order chi connectivity index (χ1) is 13.8. The van der Waals surface area contributed by atoms with Crippen molar-refractivity contribution in [2.24, 2.45) is 40.4 Å². The molecule has 166 valence electrons. The predicted molar refractivity (Wildman–Crippen MR) is 120 cm³/mol. The van der Waals surface area contributed by atoms with Crippen molar-refractivity contribution in [2.75, 3.05) is 19.0 Å². The molecule has 0 aromatic carbocycles. The maximum absolute atomic E-state index is 12.8. The molecule has 4 unspecified atom stereocenters. The highest BCUT2D eigenvalue weighted by Gasteiger charge is 2.60. The molecule has 0 aliphatic heterocycles. The van der Waals surface area contributed by atoms with Crippen molar-refractivity contribution in [3.05, 3.63) is 0 Å². The van der Waals surface area contributed by atoms with Crippen LogP contribution in [0.5, 0.6) is 0 Å². The number of ketones is 1. The van der Waals surface area contributed by atoms with Crippen molar-refractivity contribution >= 4 is 21.7 Å². The van der Waals surface area contributed by atoms with Gasteiger partial charge in [0.05, 0.1) is 17.5 Å². The number of rotatable bonds is 4. The fourth-order valence-electron chi connectivity index (χ4n) is 8.84. The van der Waals surface area contributed by atoms with Crippen molar-refractivity contribution in [3.63, 3.8) is 0 Å². The minimum Gasteiger partial charge on any atom is -0.387 e. The number of carbonyl (C=O) groups excluding carboxylic acids is 1. The van der Waals surface area contributed by atoms with Gasteiger partial charge in [0, 0.05) is 13.0 Å². The average Bonchev–Trinajstić information content (AvgIpc) is 2.82. The summed E-state index contributed by atoms with van der Waals surface area (Å²) in [6.07, 6.45) is 12.8. The van der Waals surface area contributed by atoms with Gasteiger partial charge in [-0.05, 0) is 98.7 Å². The van der Waals surface area contributed by atoms with Crippen molar-refractivity contribution in [1.82, 2.24) is 0 Å². The summed E-state index contributed by atoms with van der Waals surface area (Å²) in [7, 11) is 1.72. The van der Waals surface area contributed by atoms with Crippen LogP contribution in [0.2, 0.25) is 0 Å². The van der Waals surface area contributed by atoms with Gasteiger partial charge in [-0.15, -0.1) is 0 Å². The highest BCUT2D eigenvalue weighted by atomic mass is 79.9. The first-order valence-electron chi connectivity index (χ1n) is 12.1. The summed E-state index contributed by atoms with van der Waals surface area (Å²) in [6, 6.07) is 0. The maximum atomic E-state index is 12.8. The Labute approximate surface area is 185 Å². The summed E-state index contributed by atoms with van der Waals surface area (Å²) < 4.78 is 5.40. The molecule has 0 aromatic rings. The Morgan fingerprint density at radius 3 is 2.48 bits per heavy atom. The Morgan fingerprint density at radius 1 is 1.00 bits per heavy atom. The second kappa shape index (κ2) is 8.20. The van der Waals surface area contributed by atoms with Gasteiger partial charge in [0.25, 0.3) is 0 Å². The summed E-state index contributed by atoms with van der Waals surface area (Å²) in [5.74, 6) is 3.56. The number of hydrogen-bond donors (Lipinski definition) is 1. The zero-order valence-corrected chi connectivity index (χ0v) is 20.3. The van der Waals surface area contributed by atoms with E-state index in [4.69, 9.17) is 4.74 Å². The quantitative estimate of drug-likeness (QED) is 0.532. The largest absolute Gasteiger partial charge is 0.387 e. The molecule has 0 saturated heterocycles. The van der Waals surface area contributed by atoms with Crippen molar-refractivity contribution in [1.29, 1.82) is 0 Å². The zero-order chi connectivity index (χ0) is 20.9. The lowest BCUT2D eigenvalue weighted by Gasteiger charge is -2.62. The lowest BCUT2D eigenvalue weighted by atomic mass is 9.42. The molecule has 29 heavy (non-hydrogen) atoms. The van der Waals surface area contributed by atoms with Gasteiger partial charge in [-0.2, -0.15) is 0 Å². The summed E-state index contributed by atoms with van der Waals surface area (Å²) in [6.45, 7) is 5.49. The fourth-order valence-corrected chi connectivity index (χ4v) is 9.23. The topological polar surface area (TPSA) is 46.5 Å². The van der Waals surface area contributed by atoms with Crippen molar-refractivity contribution < 1.29 is 14.6 Å². The Hall–Kier alpha value is 0.0700. The minimum absolute atomic E-state index is 0.203. The number of fused-ring (bicyclic) bond motifs is 5. The van der Waals surface area contributed by atoms with Crippen LogP contribution in [0.25, 0.3) is 0 Å². The van der Waals surface area contributed by atoms with E-state index in [9.17, 15) is 9.90 Å². The molecule has 4 rings (SSSR count). The molecule has 0 radical (unpaired) electrons. The van der Waals surface area contributed by atoms with E-state index in [1.54, 1.807) is 7.11 Å². The van der Waals surface area contributed by atoms with Gasteiger partial charge in [-0.3, -0.25) is 4.79 Å². The van der Waals surface area contributed by atoms with E-state index < -0.39 is 5.60 Å². The fraction of sp³-hybridized carbons (Fsp3) is 0.960. The molecular weight excluding hydrogens is 428 g/mol.